The van der Waals surface area contributed by atoms with E-state index in [1.165, 1.54) is 0 Å². The summed E-state index contributed by atoms with van der Waals surface area (Å²) in [5.74, 6) is -2.29. The number of nitrogens with one attached hydrogen (secondary N) is 1. The Kier molecular flexibility index (Phi) is 8.67. The summed E-state index contributed by atoms with van der Waals surface area (Å²) < 4.78 is 0. The van der Waals surface area contributed by atoms with E-state index in [0.717, 1.165) is 24.3 Å². The Morgan fingerprint density at radius 3 is 2.35 bits per heavy atom. The Balaban J connectivity index is 0.000000350. The van der Waals surface area contributed by atoms with Crippen molar-refractivity contribution in [3.8, 4) is 0 Å². The molecular weight excluding hydrogens is 340 g/mol. The SMILES string of the molecule is CC(C)C[C@@H](C(=O)O)N1C(=O)CCCC(N)C1=O.NC(=O)[C@@H]1CCCN1. The number of hydrogen-bond donors (Lipinski definition) is 4. The third-order valence-electron chi connectivity index (χ3n) is 4.42. The number of carboxylic acid groups (broad SMARTS) is 1. The lowest BCUT2D eigenvalue weighted by Crippen LogP contribution is -2.53. The zero-order valence-corrected chi connectivity index (χ0v) is 15.4. The third kappa shape index (κ3) is 6.38. The number of likely N-dealkylation sites (tertiary alicyclic amines) is 1. The second-order valence-electron chi connectivity index (χ2n) is 7.14. The van der Waals surface area contributed by atoms with Crippen molar-refractivity contribution < 1.29 is 24.3 Å². The summed E-state index contributed by atoms with van der Waals surface area (Å²) in [7, 11) is 0. The van der Waals surface area contributed by atoms with Gasteiger partial charge >= 0.3 is 5.97 Å². The average molecular weight is 370 g/mol. The van der Waals surface area contributed by atoms with Gasteiger partial charge < -0.3 is 21.9 Å². The second-order valence-corrected chi connectivity index (χ2v) is 7.14. The molecule has 9 nitrogen and oxygen atoms in total. The lowest BCUT2D eigenvalue weighted by Gasteiger charge is -2.28. The van der Waals surface area contributed by atoms with Gasteiger partial charge in [0.2, 0.25) is 17.7 Å². The monoisotopic (exact) mass is 370 g/mol. The molecule has 26 heavy (non-hydrogen) atoms. The Bertz CT molecular complexity index is 531. The van der Waals surface area contributed by atoms with E-state index in [0.29, 0.717) is 12.8 Å². The number of carbonyl (C=O) groups excluding carboxylic acids is 3. The van der Waals surface area contributed by atoms with Crippen LogP contribution in [0.3, 0.4) is 0 Å². The number of nitrogens with two attached hydrogens (primary N) is 2. The van der Waals surface area contributed by atoms with Crippen molar-refractivity contribution in [1.29, 1.82) is 0 Å². The smallest absolute Gasteiger partial charge is 0.326 e. The molecule has 3 atom stereocenters. The van der Waals surface area contributed by atoms with Crippen LogP contribution in [0.25, 0.3) is 0 Å². The molecule has 0 saturated carbocycles. The maximum absolute atomic E-state index is 12.0. The minimum Gasteiger partial charge on any atom is -0.480 e. The lowest BCUT2D eigenvalue weighted by molar-refractivity contribution is -0.158. The Morgan fingerprint density at radius 1 is 1.27 bits per heavy atom. The highest BCUT2D eigenvalue weighted by molar-refractivity contribution is 6.01. The van der Waals surface area contributed by atoms with Crippen LogP contribution in [0.4, 0.5) is 0 Å². The molecule has 2 fully saturated rings. The first kappa shape index (κ1) is 22.0. The number of hydrogen-bond acceptors (Lipinski definition) is 6. The van der Waals surface area contributed by atoms with Crippen LogP contribution in [-0.2, 0) is 19.2 Å². The van der Waals surface area contributed by atoms with Crippen LogP contribution in [0.15, 0.2) is 0 Å². The molecule has 0 bridgehead atoms. The first-order chi connectivity index (χ1) is 12.1. The van der Waals surface area contributed by atoms with E-state index in [2.05, 4.69) is 5.32 Å². The van der Waals surface area contributed by atoms with Gasteiger partial charge in [0.15, 0.2) is 0 Å². The van der Waals surface area contributed by atoms with Crippen LogP contribution in [0.1, 0.15) is 52.4 Å². The van der Waals surface area contributed by atoms with E-state index in [4.69, 9.17) is 11.5 Å². The summed E-state index contributed by atoms with van der Waals surface area (Å²) in [4.78, 5) is 46.4. The highest BCUT2D eigenvalue weighted by Crippen LogP contribution is 2.19. The molecule has 2 heterocycles. The van der Waals surface area contributed by atoms with Crippen molar-refractivity contribution in [1.82, 2.24) is 10.2 Å². The topological polar surface area (TPSA) is 156 Å². The fraction of sp³-hybridized carbons (Fsp3) is 0.765. The summed E-state index contributed by atoms with van der Waals surface area (Å²) in [6.45, 7) is 4.64. The summed E-state index contributed by atoms with van der Waals surface area (Å²) >= 11 is 0. The molecule has 6 N–H and O–H groups in total. The van der Waals surface area contributed by atoms with E-state index in [1.54, 1.807) is 0 Å². The Hall–Kier alpha value is -2.00. The van der Waals surface area contributed by atoms with Gasteiger partial charge in [0.05, 0.1) is 12.1 Å². The maximum Gasteiger partial charge on any atom is 0.326 e. The number of nitrogens with zero attached hydrogens (tertiary/aromatic N) is 1. The van der Waals surface area contributed by atoms with E-state index >= 15 is 0 Å². The normalized spacial score (nSPS) is 24.7. The van der Waals surface area contributed by atoms with Crippen LogP contribution in [0, 0.1) is 5.92 Å². The molecule has 2 aliphatic heterocycles. The highest BCUT2D eigenvalue weighted by atomic mass is 16.4. The largest absolute Gasteiger partial charge is 0.480 e. The Morgan fingerprint density at radius 2 is 1.92 bits per heavy atom. The average Bonchev–Trinajstić information content (AvgIpc) is 3.05. The van der Waals surface area contributed by atoms with Crippen LogP contribution >= 0.6 is 0 Å². The quantitative estimate of drug-likeness (QED) is 0.479. The number of aliphatic carboxylic acids is 1. The summed E-state index contributed by atoms with van der Waals surface area (Å²) in [6, 6.07) is -1.92. The number of imide groups is 1. The van der Waals surface area contributed by atoms with Gasteiger partial charge in [-0.25, -0.2) is 4.79 Å². The van der Waals surface area contributed by atoms with E-state index in [-0.39, 0.29) is 30.7 Å². The standard InChI is InChI=1S/C12H20N2O4.C5H10N2O/c1-7(2)6-9(12(17)18)14-10(15)5-3-4-8(13)11(14)16;6-5(8)4-2-1-3-7-4/h7-9H,3-6,13H2,1-2H3,(H,17,18);4,7H,1-3H2,(H2,6,8)/t8?,9-;4-/m00/s1. The molecule has 148 valence electrons. The van der Waals surface area contributed by atoms with Gasteiger partial charge in [-0.1, -0.05) is 13.8 Å². The van der Waals surface area contributed by atoms with Crippen LogP contribution < -0.4 is 16.8 Å². The maximum atomic E-state index is 12.0. The highest BCUT2D eigenvalue weighted by Gasteiger charge is 2.38. The molecule has 2 saturated heterocycles. The molecule has 0 spiro atoms. The van der Waals surface area contributed by atoms with E-state index in [9.17, 15) is 24.3 Å². The van der Waals surface area contributed by atoms with Gasteiger partial charge in [-0.3, -0.25) is 19.3 Å². The number of primary amides is 1. The zero-order valence-electron chi connectivity index (χ0n) is 15.4. The minimum atomic E-state index is -1.15. The molecular formula is C17H30N4O5. The fourth-order valence-electron chi connectivity index (χ4n) is 3.04. The molecule has 0 radical (unpaired) electrons. The summed E-state index contributed by atoms with van der Waals surface area (Å²) in [6.07, 6.45) is 3.37. The van der Waals surface area contributed by atoms with Crippen molar-refractivity contribution in [2.75, 3.05) is 6.54 Å². The number of carbonyl (C=O) groups is 4. The van der Waals surface area contributed by atoms with Gasteiger partial charge in [0.1, 0.15) is 6.04 Å². The molecule has 0 aromatic carbocycles. The molecule has 0 aromatic rings. The number of rotatable bonds is 5. The van der Waals surface area contributed by atoms with Crippen molar-refractivity contribution >= 4 is 23.7 Å². The van der Waals surface area contributed by atoms with Crippen LogP contribution in [0.5, 0.6) is 0 Å². The van der Waals surface area contributed by atoms with Gasteiger partial charge in [-0.05, 0) is 44.6 Å². The first-order valence-electron chi connectivity index (χ1n) is 9.02. The molecule has 0 aromatic heterocycles. The fourth-order valence-corrected chi connectivity index (χ4v) is 3.04. The predicted octanol–water partition coefficient (Wildman–Crippen LogP) is -0.424. The first-order valence-corrected chi connectivity index (χ1v) is 9.02. The zero-order chi connectivity index (χ0) is 19.9. The number of carboxylic acids is 1. The van der Waals surface area contributed by atoms with Gasteiger partial charge in [0, 0.05) is 6.42 Å². The van der Waals surface area contributed by atoms with Crippen LogP contribution in [0.2, 0.25) is 0 Å². The molecule has 2 aliphatic rings. The molecule has 1 unspecified atom stereocenters. The molecule has 2 rings (SSSR count). The summed E-state index contributed by atoms with van der Waals surface area (Å²) in [5, 5.41) is 12.2. The van der Waals surface area contributed by atoms with E-state index < -0.39 is 29.9 Å². The van der Waals surface area contributed by atoms with Crippen molar-refractivity contribution in [3.63, 3.8) is 0 Å². The minimum absolute atomic E-state index is 0.0463. The number of amides is 3. The lowest BCUT2D eigenvalue weighted by atomic mass is 10.0. The predicted molar refractivity (Wildman–Crippen MR) is 94.8 cm³/mol. The molecule has 0 aliphatic carbocycles. The van der Waals surface area contributed by atoms with Gasteiger partial charge in [0.25, 0.3) is 0 Å². The molecule has 9 heteroatoms. The second kappa shape index (κ2) is 10.2. The van der Waals surface area contributed by atoms with Gasteiger partial charge in [-0.2, -0.15) is 0 Å². The Labute approximate surface area is 153 Å². The third-order valence-corrected chi connectivity index (χ3v) is 4.42. The van der Waals surface area contributed by atoms with E-state index in [1.807, 2.05) is 13.8 Å². The van der Waals surface area contributed by atoms with Crippen molar-refractivity contribution in [2.45, 2.75) is 70.5 Å². The van der Waals surface area contributed by atoms with Crippen molar-refractivity contribution in [2.24, 2.45) is 17.4 Å². The van der Waals surface area contributed by atoms with Crippen LogP contribution in [-0.4, -0.2) is 58.4 Å². The van der Waals surface area contributed by atoms with Crippen molar-refractivity contribution in [3.05, 3.63) is 0 Å². The molecule has 3 amide bonds. The summed E-state index contributed by atoms with van der Waals surface area (Å²) in [5.41, 5.74) is 10.7. The van der Waals surface area contributed by atoms with Gasteiger partial charge in [-0.15, -0.1) is 0 Å².